The summed E-state index contributed by atoms with van der Waals surface area (Å²) in [5.41, 5.74) is 0. The van der Waals surface area contributed by atoms with Crippen molar-refractivity contribution in [2.75, 3.05) is 0 Å². The molecule has 1 amide bonds. The first-order chi connectivity index (χ1) is 3.66. The number of hydrogen-bond donors (Lipinski definition) is 1. The predicted molar refractivity (Wildman–Crippen MR) is 32.1 cm³/mol. The quantitative estimate of drug-likeness (QED) is 0.479. The molecule has 1 N–H and O–H groups in total. The molecule has 44 valence electrons. The third kappa shape index (κ3) is 3.23. The van der Waals surface area contributed by atoms with Crippen molar-refractivity contribution in [3.63, 3.8) is 0 Å². The number of hydrogen-bond acceptors (Lipinski definition) is 1. The van der Waals surface area contributed by atoms with Crippen LogP contribution < -0.4 is 5.32 Å². The fourth-order valence-corrected chi connectivity index (χ4v) is 0.347. The van der Waals surface area contributed by atoms with Gasteiger partial charge in [-0.05, 0) is 6.92 Å². The molecule has 0 spiro atoms. The molecule has 2 heteroatoms. The maximum Gasteiger partial charge on any atom is 0.217 e. The van der Waals surface area contributed by atoms with Gasteiger partial charge in [-0.3, -0.25) is 4.79 Å². The van der Waals surface area contributed by atoms with Gasteiger partial charge in [0.1, 0.15) is 0 Å². The monoisotopic (exact) mass is 111 g/mol. The van der Waals surface area contributed by atoms with Crippen LogP contribution in [0.1, 0.15) is 13.8 Å². The first-order valence-electron chi connectivity index (χ1n) is 2.40. The number of nitrogens with one attached hydrogen (secondary N) is 1. The molecule has 0 radical (unpaired) electrons. The summed E-state index contributed by atoms with van der Waals surface area (Å²) >= 11 is 0. The molecule has 0 aromatic rings. The summed E-state index contributed by atoms with van der Waals surface area (Å²) in [6, 6.07) is -0.146. The van der Waals surface area contributed by atoms with E-state index in [1.807, 2.05) is 0 Å². The Kier molecular flexibility index (Phi) is 2.71. The van der Waals surface area contributed by atoms with Crippen molar-refractivity contribution in [2.24, 2.45) is 0 Å². The van der Waals surface area contributed by atoms with Crippen molar-refractivity contribution in [3.05, 3.63) is 0 Å². The van der Waals surface area contributed by atoms with Gasteiger partial charge in [0.05, 0.1) is 6.04 Å². The Morgan fingerprint density at radius 3 is 2.50 bits per heavy atom. The summed E-state index contributed by atoms with van der Waals surface area (Å²) < 4.78 is 0. The summed E-state index contributed by atoms with van der Waals surface area (Å²) in [5, 5.41) is 2.52. The van der Waals surface area contributed by atoms with Gasteiger partial charge in [-0.15, -0.1) is 6.42 Å². The van der Waals surface area contributed by atoms with E-state index < -0.39 is 0 Å². The Balaban J connectivity index is 3.43. The van der Waals surface area contributed by atoms with Gasteiger partial charge < -0.3 is 5.32 Å². The molecule has 0 saturated heterocycles. The van der Waals surface area contributed by atoms with Gasteiger partial charge in [-0.1, -0.05) is 5.92 Å². The third-order valence-electron chi connectivity index (χ3n) is 0.670. The second-order valence-electron chi connectivity index (χ2n) is 1.59. The molecule has 0 aromatic carbocycles. The van der Waals surface area contributed by atoms with Crippen molar-refractivity contribution >= 4 is 5.91 Å². The van der Waals surface area contributed by atoms with E-state index in [0.717, 1.165) is 0 Å². The Morgan fingerprint density at radius 2 is 2.38 bits per heavy atom. The van der Waals surface area contributed by atoms with Gasteiger partial charge in [0.25, 0.3) is 0 Å². The highest BCUT2D eigenvalue weighted by atomic mass is 16.1. The largest absolute Gasteiger partial charge is 0.343 e. The van der Waals surface area contributed by atoms with Crippen LogP contribution in [0.15, 0.2) is 0 Å². The Hall–Kier alpha value is -0.970. The van der Waals surface area contributed by atoms with Crippen molar-refractivity contribution in [1.82, 2.24) is 5.32 Å². The van der Waals surface area contributed by atoms with Crippen LogP contribution in [0.2, 0.25) is 0 Å². The highest BCUT2D eigenvalue weighted by Crippen LogP contribution is 1.73. The number of carbonyl (C=O) groups is 1. The van der Waals surface area contributed by atoms with Gasteiger partial charge >= 0.3 is 0 Å². The average molecular weight is 111 g/mol. The van der Waals surface area contributed by atoms with E-state index in [4.69, 9.17) is 6.42 Å². The Labute approximate surface area is 49.3 Å². The van der Waals surface area contributed by atoms with Crippen molar-refractivity contribution in [1.29, 1.82) is 0 Å². The number of terminal acetylenes is 1. The minimum absolute atomic E-state index is 0.0875. The SMILES string of the molecule is C#CC(C)NC(C)=O. The molecule has 2 nitrogen and oxygen atoms in total. The van der Waals surface area contributed by atoms with Gasteiger partial charge in [0.15, 0.2) is 0 Å². The van der Waals surface area contributed by atoms with Crippen molar-refractivity contribution in [3.8, 4) is 12.3 Å². The second kappa shape index (κ2) is 3.09. The number of rotatable bonds is 1. The molecule has 0 saturated carbocycles. The molecule has 0 bridgehead atoms. The zero-order valence-electron chi connectivity index (χ0n) is 5.06. The molecule has 0 aromatic heterocycles. The van der Waals surface area contributed by atoms with Crippen LogP contribution in [-0.4, -0.2) is 11.9 Å². The molecule has 0 aliphatic carbocycles. The predicted octanol–water partition coefficient (Wildman–Crippen LogP) is 0.144. The number of carbonyl (C=O) groups excluding carboxylic acids is 1. The standard InChI is InChI=1S/C6H9NO/c1-4-5(2)7-6(3)8/h1,5H,2-3H3,(H,7,8). The van der Waals surface area contributed by atoms with Crippen LogP contribution in [-0.2, 0) is 4.79 Å². The molecule has 0 aliphatic heterocycles. The molecular formula is C6H9NO. The van der Waals surface area contributed by atoms with Crippen LogP contribution in [0.25, 0.3) is 0 Å². The zero-order valence-corrected chi connectivity index (χ0v) is 5.06. The highest BCUT2D eigenvalue weighted by Gasteiger charge is 1.94. The van der Waals surface area contributed by atoms with Crippen molar-refractivity contribution in [2.45, 2.75) is 19.9 Å². The normalized spacial score (nSPS) is 11.6. The van der Waals surface area contributed by atoms with Crippen LogP contribution in [0.3, 0.4) is 0 Å². The summed E-state index contributed by atoms with van der Waals surface area (Å²) in [4.78, 5) is 10.2. The van der Waals surface area contributed by atoms with E-state index in [9.17, 15) is 4.79 Å². The summed E-state index contributed by atoms with van der Waals surface area (Å²) in [6.07, 6.45) is 4.96. The van der Waals surface area contributed by atoms with Crippen molar-refractivity contribution < 1.29 is 4.79 Å². The summed E-state index contributed by atoms with van der Waals surface area (Å²) in [7, 11) is 0. The first kappa shape index (κ1) is 7.03. The van der Waals surface area contributed by atoms with Gasteiger partial charge in [0, 0.05) is 6.92 Å². The van der Waals surface area contributed by atoms with E-state index in [2.05, 4.69) is 11.2 Å². The molecule has 0 heterocycles. The molecular weight excluding hydrogens is 102 g/mol. The first-order valence-corrected chi connectivity index (χ1v) is 2.40. The minimum Gasteiger partial charge on any atom is -0.343 e. The number of amides is 1. The smallest absolute Gasteiger partial charge is 0.217 e. The van der Waals surface area contributed by atoms with E-state index in [1.165, 1.54) is 6.92 Å². The highest BCUT2D eigenvalue weighted by molar-refractivity contribution is 5.73. The molecule has 1 atom stereocenters. The van der Waals surface area contributed by atoms with E-state index in [0.29, 0.717) is 0 Å². The molecule has 1 unspecified atom stereocenters. The Morgan fingerprint density at radius 1 is 1.88 bits per heavy atom. The average Bonchev–Trinajstić information content (AvgIpc) is 1.65. The van der Waals surface area contributed by atoms with Crippen LogP contribution >= 0.6 is 0 Å². The third-order valence-corrected chi connectivity index (χ3v) is 0.670. The lowest BCUT2D eigenvalue weighted by molar-refractivity contribution is -0.119. The van der Waals surface area contributed by atoms with Gasteiger partial charge in [-0.2, -0.15) is 0 Å². The van der Waals surface area contributed by atoms with E-state index in [-0.39, 0.29) is 11.9 Å². The fraction of sp³-hybridized carbons (Fsp3) is 0.500. The summed E-state index contributed by atoms with van der Waals surface area (Å²) in [6.45, 7) is 3.19. The lowest BCUT2D eigenvalue weighted by Crippen LogP contribution is -2.28. The fourth-order valence-electron chi connectivity index (χ4n) is 0.347. The maximum atomic E-state index is 10.2. The Bertz CT molecular complexity index is 123. The van der Waals surface area contributed by atoms with Crippen LogP contribution in [0, 0.1) is 12.3 Å². The molecule has 0 rings (SSSR count). The van der Waals surface area contributed by atoms with E-state index >= 15 is 0 Å². The lowest BCUT2D eigenvalue weighted by atomic mass is 10.3. The molecule has 0 fully saturated rings. The lowest BCUT2D eigenvalue weighted by Gasteiger charge is -2.01. The summed E-state index contributed by atoms with van der Waals surface area (Å²) in [5.74, 6) is 2.28. The van der Waals surface area contributed by atoms with Crippen LogP contribution in [0.4, 0.5) is 0 Å². The maximum absolute atomic E-state index is 10.2. The van der Waals surface area contributed by atoms with Gasteiger partial charge in [0.2, 0.25) is 5.91 Å². The molecule has 0 aliphatic rings. The van der Waals surface area contributed by atoms with Crippen LogP contribution in [0.5, 0.6) is 0 Å². The topological polar surface area (TPSA) is 29.1 Å². The minimum atomic E-state index is -0.146. The van der Waals surface area contributed by atoms with Gasteiger partial charge in [-0.25, -0.2) is 0 Å². The second-order valence-corrected chi connectivity index (χ2v) is 1.59. The zero-order chi connectivity index (χ0) is 6.57. The van der Waals surface area contributed by atoms with E-state index in [1.54, 1.807) is 6.92 Å². The molecule has 8 heavy (non-hydrogen) atoms.